The van der Waals surface area contributed by atoms with Crippen LogP contribution in [-0.2, 0) is 0 Å². The number of aryl methyl sites for hydroxylation is 1. The fourth-order valence-corrected chi connectivity index (χ4v) is 4.58. The zero-order valence-corrected chi connectivity index (χ0v) is 16.9. The van der Waals surface area contributed by atoms with Crippen molar-refractivity contribution in [1.29, 1.82) is 0 Å². The van der Waals surface area contributed by atoms with Gasteiger partial charge in [0.1, 0.15) is 22.4 Å². The predicted octanol–water partition coefficient (Wildman–Crippen LogP) is 5.14. The number of thiazole rings is 1. The summed E-state index contributed by atoms with van der Waals surface area (Å²) in [5.41, 5.74) is 2.75. The first kappa shape index (κ1) is 18.9. The van der Waals surface area contributed by atoms with Crippen molar-refractivity contribution in [2.45, 2.75) is 19.5 Å². The van der Waals surface area contributed by atoms with Crippen LogP contribution in [0.4, 0.5) is 8.78 Å². The Labute approximate surface area is 174 Å². The predicted molar refractivity (Wildman–Crippen MR) is 110 cm³/mol. The monoisotopic (exact) mass is 428 g/mol. The third kappa shape index (κ3) is 3.00. The lowest BCUT2D eigenvalue weighted by Gasteiger charge is -2.24. The number of hydrogen-bond donors (Lipinski definition) is 0. The molecule has 0 unspecified atom stereocenters. The van der Waals surface area contributed by atoms with E-state index in [9.17, 15) is 8.78 Å². The third-order valence-electron chi connectivity index (χ3n) is 4.82. The van der Waals surface area contributed by atoms with Gasteiger partial charge in [0, 0.05) is 11.1 Å². The first-order valence-corrected chi connectivity index (χ1v) is 9.96. The highest BCUT2D eigenvalue weighted by Crippen LogP contribution is 2.46. The van der Waals surface area contributed by atoms with Gasteiger partial charge in [-0.2, -0.15) is 0 Å². The van der Waals surface area contributed by atoms with Gasteiger partial charge in [-0.1, -0.05) is 0 Å². The van der Waals surface area contributed by atoms with Crippen LogP contribution in [0.3, 0.4) is 0 Å². The minimum Gasteiger partial charge on any atom is -0.484 e. The van der Waals surface area contributed by atoms with Crippen LogP contribution in [0.2, 0.25) is 0 Å². The lowest BCUT2D eigenvalue weighted by atomic mass is 10.1. The Bertz CT molecular complexity index is 1290. The van der Waals surface area contributed by atoms with Crippen LogP contribution >= 0.6 is 11.3 Å². The molecule has 153 valence electrons. The number of halogens is 2. The van der Waals surface area contributed by atoms with Crippen molar-refractivity contribution < 1.29 is 23.0 Å². The first-order valence-electron chi connectivity index (χ1n) is 9.14. The van der Waals surface area contributed by atoms with Gasteiger partial charge in [0.25, 0.3) is 6.43 Å². The van der Waals surface area contributed by atoms with Crippen LogP contribution in [0, 0.1) is 13.8 Å². The highest BCUT2D eigenvalue weighted by Gasteiger charge is 2.25. The molecular formula is C21H16F2N3O3S. The van der Waals surface area contributed by atoms with Crippen molar-refractivity contribution in [1.82, 2.24) is 15.0 Å². The van der Waals surface area contributed by atoms with E-state index in [4.69, 9.17) is 19.2 Å². The molecule has 0 aliphatic carbocycles. The molecule has 4 aromatic rings. The summed E-state index contributed by atoms with van der Waals surface area (Å²) >= 11 is 1.35. The third-order valence-corrected chi connectivity index (χ3v) is 5.91. The maximum Gasteiger partial charge on any atom is 0.263 e. The van der Waals surface area contributed by atoms with Crippen LogP contribution in [0.1, 0.15) is 17.6 Å². The number of alkyl halides is 2. The Morgan fingerprint density at radius 2 is 2.07 bits per heavy atom. The number of benzene rings is 2. The lowest BCUT2D eigenvalue weighted by molar-refractivity contribution is 0.123. The van der Waals surface area contributed by atoms with Crippen LogP contribution in [0.15, 0.2) is 24.4 Å². The summed E-state index contributed by atoms with van der Waals surface area (Å²) < 4.78 is 44.7. The number of rotatable bonds is 3. The van der Waals surface area contributed by atoms with E-state index in [0.717, 1.165) is 15.8 Å². The molecule has 30 heavy (non-hydrogen) atoms. The molecule has 1 radical (unpaired) electrons. The molecule has 2 aromatic carbocycles. The van der Waals surface area contributed by atoms with Gasteiger partial charge < -0.3 is 14.2 Å². The molecule has 0 fully saturated rings. The van der Waals surface area contributed by atoms with E-state index in [1.165, 1.54) is 36.8 Å². The lowest BCUT2D eigenvalue weighted by Crippen LogP contribution is -2.26. The molecule has 5 rings (SSSR count). The standard InChI is InChI=1S/C21H16F2N3O3S/c1-9-4-14-18(28-8-10(2)29-14)19-16(9)26-21(30-19)12-5-11(20(22)23)6-13-17(12)24-7-15(25-13)27-3/h4-7,10,20H,2,8H2,1,3H3/t10-/m1/s1. The van der Waals surface area contributed by atoms with Crippen LogP contribution in [0.5, 0.6) is 17.4 Å². The Morgan fingerprint density at radius 3 is 2.83 bits per heavy atom. The molecule has 3 heterocycles. The van der Waals surface area contributed by atoms with Gasteiger partial charge in [-0.25, -0.2) is 23.7 Å². The SMILES string of the molecule is [CH2][C@@H]1COc2c(cc(C)c3nc(-c4cc(C(F)F)cc5nc(OC)cnc45)sc23)O1. The summed E-state index contributed by atoms with van der Waals surface area (Å²) in [4.78, 5) is 13.4. The van der Waals surface area contributed by atoms with Crippen molar-refractivity contribution in [3.05, 3.63) is 42.4 Å². The highest BCUT2D eigenvalue weighted by atomic mass is 32.1. The Morgan fingerprint density at radius 1 is 1.23 bits per heavy atom. The van der Waals surface area contributed by atoms with E-state index in [1.807, 2.05) is 13.0 Å². The molecule has 6 nitrogen and oxygen atoms in total. The van der Waals surface area contributed by atoms with Gasteiger partial charge in [-0.15, -0.1) is 11.3 Å². The largest absolute Gasteiger partial charge is 0.484 e. The molecule has 0 amide bonds. The molecule has 1 atom stereocenters. The van der Waals surface area contributed by atoms with Gasteiger partial charge in [-0.3, -0.25) is 0 Å². The van der Waals surface area contributed by atoms with E-state index in [2.05, 4.69) is 16.9 Å². The molecule has 1 aliphatic rings. The molecule has 0 N–H and O–H groups in total. The number of nitrogens with zero attached hydrogens (tertiary/aromatic N) is 3. The van der Waals surface area contributed by atoms with Crippen LogP contribution in [0.25, 0.3) is 31.8 Å². The van der Waals surface area contributed by atoms with E-state index >= 15 is 0 Å². The smallest absolute Gasteiger partial charge is 0.263 e. The van der Waals surface area contributed by atoms with Gasteiger partial charge in [0.15, 0.2) is 11.5 Å². The van der Waals surface area contributed by atoms with Gasteiger partial charge in [-0.05, 0) is 37.6 Å². The zero-order chi connectivity index (χ0) is 21.0. The minimum atomic E-state index is -2.66. The fraction of sp³-hybridized carbons (Fsp3) is 0.238. The van der Waals surface area contributed by atoms with Crippen molar-refractivity contribution >= 4 is 32.6 Å². The van der Waals surface area contributed by atoms with Crippen LogP contribution in [-0.4, -0.2) is 34.8 Å². The highest BCUT2D eigenvalue weighted by molar-refractivity contribution is 7.22. The summed E-state index contributed by atoms with van der Waals surface area (Å²) in [6.45, 7) is 6.12. The first-order chi connectivity index (χ1) is 14.4. The molecule has 2 aromatic heterocycles. The quantitative estimate of drug-likeness (QED) is 0.450. The van der Waals surface area contributed by atoms with Crippen LogP contribution < -0.4 is 14.2 Å². The van der Waals surface area contributed by atoms with Crippen molar-refractivity contribution in [3.8, 4) is 28.0 Å². The second kappa shape index (κ2) is 7.02. The minimum absolute atomic E-state index is 0.155. The molecule has 0 saturated heterocycles. The zero-order valence-electron chi connectivity index (χ0n) is 16.1. The fourth-order valence-electron chi connectivity index (χ4n) is 3.43. The summed E-state index contributed by atoms with van der Waals surface area (Å²) in [7, 11) is 1.45. The summed E-state index contributed by atoms with van der Waals surface area (Å²) in [6.07, 6.45) is -1.49. The van der Waals surface area contributed by atoms with Crippen molar-refractivity contribution in [2.24, 2.45) is 0 Å². The normalized spacial score (nSPS) is 15.9. The van der Waals surface area contributed by atoms with Crippen molar-refractivity contribution in [2.75, 3.05) is 13.7 Å². The molecular weight excluding hydrogens is 412 g/mol. The van der Waals surface area contributed by atoms with E-state index in [1.54, 1.807) is 0 Å². The molecule has 1 aliphatic heterocycles. The van der Waals surface area contributed by atoms with Gasteiger partial charge in [0.2, 0.25) is 5.88 Å². The number of hydrogen-bond acceptors (Lipinski definition) is 7. The van der Waals surface area contributed by atoms with Gasteiger partial charge in [0.05, 0.1) is 29.9 Å². The van der Waals surface area contributed by atoms with Gasteiger partial charge >= 0.3 is 0 Å². The Kier molecular flexibility index (Phi) is 4.43. The molecule has 0 spiro atoms. The summed E-state index contributed by atoms with van der Waals surface area (Å²) in [5, 5.41) is 0.550. The summed E-state index contributed by atoms with van der Waals surface area (Å²) in [5.74, 6) is 1.46. The Balaban J connectivity index is 1.76. The second-order valence-electron chi connectivity index (χ2n) is 6.92. The number of methoxy groups -OCH3 is 1. The van der Waals surface area contributed by atoms with E-state index in [0.29, 0.717) is 39.7 Å². The maximum absolute atomic E-state index is 13.6. The molecule has 0 saturated carbocycles. The topological polar surface area (TPSA) is 66.4 Å². The number of ether oxygens (including phenoxy) is 3. The molecule has 9 heteroatoms. The Hall–Kier alpha value is -3.07. The van der Waals surface area contributed by atoms with E-state index in [-0.39, 0.29) is 17.5 Å². The van der Waals surface area contributed by atoms with E-state index < -0.39 is 6.43 Å². The number of fused-ring (bicyclic) bond motifs is 4. The maximum atomic E-state index is 13.6. The summed E-state index contributed by atoms with van der Waals surface area (Å²) in [6, 6.07) is 4.60. The average molecular weight is 428 g/mol. The second-order valence-corrected chi connectivity index (χ2v) is 7.92. The van der Waals surface area contributed by atoms with Crippen molar-refractivity contribution in [3.63, 3.8) is 0 Å². The number of aromatic nitrogens is 3. The average Bonchev–Trinajstić information content (AvgIpc) is 3.18. The molecule has 0 bridgehead atoms.